The van der Waals surface area contributed by atoms with E-state index in [0.717, 1.165) is 49.0 Å². The van der Waals surface area contributed by atoms with E-state index in [1.807, 2.05) is 30.1 Å². The maximum Gasteiger partial charge on any atom is 0.319 e. The summed E-state index contributed by atoms with van der Waals surface area (Å²) in [6.45, 7) is 5.20. The average Bonchev–Trinajstić information content (AvgIpc) is 3.19. The Bertz CT molecular complexity index is 774. The normalized spacial score (nSPS) is 30.2. The zero-order chi connectivity index (χ0) is 20.5. The van der Waals surface area contributed by atoms with Crippen molar-refractivity contribution in [2.24, 2.45) is 5.92 Å². The highest BCUT2D eigenvalue weighted by Crippen LogP contribution is 2.39. The van der Waals surface area contributed by atoms with Crippen LogP contribution in [0, 0.1) is 12.8 Å². The van der Waals surface area contributed by atoms with Gasteiger partial charge in [0, 0.05) is 37.4 Å². The fourth-order valence-electron chi connectivity index (χ4n) is 5.43. The minimum atomic E-state index is -0.149. The highest BCUT2D eigenvalue weighted by molar-refractivity contribution is 5.90. The lowest BCUT2D eigenvalue weighted by Gasteiger charge is -2.47. The number of carbonyl (C=O) groups excluding carboxylic acids is 2. The van der Waals surface area contributed by atoms with Gasteiger partial charge in [-0.05, 0) is 68.7 Å². The Balaban J connectivity index is 1.49. The molecular weight excluding hydrogens is 364 g/mol. The van der Waals surface area contributed by atoms with Crippen LogP contribution in [0.4, 0.5) is 10.5 Å². The maximum absolute atomic E-state index is 13.2. The van der Waals surface area contributed by atoms with Crippen molar-refractivity contribution in [1.82, 2.24) is 15.5 Å². The number of fused-ring (bicyclic) bond motifs is 1. The molecule has 158 valence electrons. The number of rotatable bonds is 3. The number of hydrogen-bond donors (Lipinski definition) is 3. The number of likely N-dealkylation sites (N-methyl/N-ethyl adjacent to an activating group) is 1. The number of benzene rings is 1. The highest BCUT2D eigenvalue weighted by Gasteiger charge is 2.43. The first-order chi connectivity index (χ1) is 13.9. The van der Waals surface area contributed by atoms with E-state index in [1.165, 1.54) is 12.8 Å². The third-order valence-electron chi connectivity index (χ3n) is 7.15. The minimum absolute atomic E-state index is 0.143. The van der Waals surface area contributed by atoms with E-state index in [1.54, 1.807) is 0 Å². The predicted molar refractivity (Wildman–Crippen MR) is 115 cm³/mol. The molecular formula is C23H34N4O2. The van der Waals surface area contributed by atoms with Crippen molar-refractivity contribution in [2.75, 3.05) is 18.9 Å². The standard InChI is InChI=1S/C23H34N4O2/c1-14-8-9-18(26-23(29)25-17-6-4-5-7-17)12-19(14)20-11-16-13-24-15(2)10-21(16)27(3)22(20)28/h8-9,12,15-17,20-21,24H,4-7,10-11,13H2,1-3H3,(H2,25,26,29). The molecule has 0 bridgehead atoms. The lowest BCUT2D eigenvalue weighted by atomic mass is 9.75. The number of likely N-dealkylation sites (tertiary alicyclic amines) is 1. The van der Waals surface area contributed by atoms with Crippen LogP contribution in [0.5, 0.6) is 0 Å². The molecule has 3 aliphatic rings. The van der Waals surface area contributed by atoms with E-state index in [-0.39, 0.29) is 23.9 Å². The van der Waals surface area contributed by atoms with Crippen LogP contribution in [0.3, 0.4) is 0 Å². The topological polar surface area (TPSA) is 73.5 Å². The van der Waals surface area contributed by atoms with E-state index in [9.17, 15) is 9.59 Å². The summed E-state index contributed by atoms with van der Waals surface area (Å²) in [5, 5.41) is 9.61. The molecule has 1 aliphatic carbocycles. The van der Waals surface area contributed by atoms with Gasteiger partial charge < -0.3 is 20.9 Å². The minimum Gasteiger partial charge on any atom is -0.342 e. The van der Waals surface area contributed by atoms with E-state index < -0.39 is 0 Å². The number of hydrogen-bond acceptors (Lipinski definition) is 3. The lowest BCUT2D eigenvalue weighted by molar-refractivity contribution is -0.140. The summed E-state index contributed by atoms with van der Waals surface area (Å²) >= 11 is 0. The van der Waals surface area contributed by atoms with Gasteiger partial charge >= 0.3 is 6.03 Å². The number of amides is 3. The third-order valence-corrected chi connectivity index (χ3v) is 7.15. The zero-order valence-electron chi connectivity index (χ0n) is 17.8. The molecule has 3 N–H and O–H groups in total. The molecule has 1 aromatic carbocycles. The monoisotopic (exact) mass is 398 g/mol. The average molecular weight is 399 g/mol. The summed E-state index contributed by atoms with van der Waals surface area (Å²) in [7, 11) is 1.96. The Kier molecular flexibility index (Phi) is 5.81. The first-order valence-electron chi connectivity index (χ1n) is 11.1. The van der Waals surface area contributed by atoms with Gasteiger partial charge in [-0.25, -0.2) is 4.79 Å². The second-order valence-electron chi connectivity index (χ2n) is 9.26. The van der Waals surface area contributed by atoms with Gasteiger partial charge in [-0.3, -0.25) is 4.79 Å². The largest absolute Gasteiger partial charge is 0.342 e. The number of piperidine rings is 2. The van der Waals surface area contributed by atoms with Crippen molar-refractivity contribution in [3.05, 3.63) is 29.3 Å². The van der Waals surface area contributed by atoms with Crippen molar-refractivity contribution >= 4 is 17.6 Å². The molecule has 3 fully saturated rings. The molecule has 3 amide bonds. The fraction of sp³-hybridized carbons (Fsp3) is 0.652. The molecule has 0 radical (unpaired) electrons. The molecule has 2 aliphatic heterocycles. The van der Waals surface area contributed by atoms with Gasteiger partial charge in [-0.2, -0.15) is 0 Å². The number of anilines is 1. The number of nitrogens with zero attached hydrogens (tertiary/aromatic N) is 1. The van der Waals surface area contributed by atoms with Crippen LogP contribution in [0.25, 0.3) is 0 Å². The van der Waals surface area contributed by atoms with Gasteiger partial charge in [-0.15, -0.1) is 0 Å². The summed E-state index contributed by atoms with van der Waals surface area (Å²) in [5.74, 6) is 0.535. The van der Waals surface area contributed by atoms with Crippen LogP contribution in [0.15, 0.2) is 18.2 Å². The van der Waals surface area contributed by atoms with E-state index >= 15 is 0 Å². The molecule has 0 aromatic heterocycles. The molecule has 2 saturated heterocycles. The van der Waals surface area contributed by atoms with Crippen LogP contribution < -0.4 is 16.0 Å². The van der Waals surface area contributed by atoms with Crippen LogP contribution in [0.1, 0.15) is 62.5 Å². The van der Waals surface area contributed by atoms with Gasteiger partial charge in [0.25, 0.3) is 0 Å². The molecule has 2 heterocycles. The SMILES string of the molecule is Cc1ccc(NC(=O)NC2CCCC2)cc1C1CC2CNC(C)CC2N(C)C1=O. The maximum atomic E-state index is 13.2. The first-order valence-corrected chi connectivity index (χ1v) is 11.1. The quantitative estimate of drug-likeness (QED) is 0.731. The van der Waals surface area contributed by atoms with Gasteiger partial charge in [0.2, 0.25) is 5.91 Å². The molecule has 1 saturated carbocycles. The molecule has 4 rings (SSSR count). The Morgan fingerprint density at radius 1 is 1.21 bits per heavy atom. The summed E-state index contributed by atoms with van der Waals surface area (Å²) in [5.41, 5.74) is 2.90. The zero-order valence-corrected chi connectivity index (χ0v) is 17.8. The fourth-order valence-corrected chi connectivity index (χ4v) is 5.43. The van der Waals surface area contributed by atoms with Crippen LogP contribution in [-0.2, 0) is 4.79 Å². The van der Waals surface area contributed by atoms with Crippen molar-refractivity contribution in [3.8, 4) is 0 Å². The van der Waals surface area contributed by atoms with Crippen LogP contribution in [0.2, 0.25) is 0 Å². The van der Waals surface area contributed by atoms with E-state index in [0.29, 0.717) is 18.0 Å². The molecule has 1 aromatic rings. The number of aryl methyl sites for hydroxylation is 1. The van der Waals surface area contributed by atoms with Gasteiger partial charge in [0.1, 0.15) is 0 Å². The van der Waals surface area contributed by atoms with Crippen molar-refractivity contribution in [3.63, 3.8) is 0 Å². The van der Waals surface area contributed by atoms with Gasteiger partial charge in [0.05, 0.1) is 5.92 Å². The lowest BCUT2D eigenvalue weighted by Crippen LogP contribution is -2.57. The van der Waals surface area contributed by atoms with Gasteiger partial charge in [-0.1, -0.05) is 18.9 Å². The molecule has 6 heteroatoms. The van der Waals surface area contributed by atoms with Crippen molar-refractivity contribution in [1.29, 1.82) is 0 Å². The third kappa shape index (κ3) is 4.27. The highest BCUT2D eigenvalue weighted by atomic mass is 16.2. The Labute approximate surface area is 173 Å². The smallest absolute Gasteiger partial charge is 0.319 e. The predicted octanol–water partition coefficient (Wildman–Crippen LogP) is 3.37. The Morgan fingerprint density at radius 3 is 2.72 bits per heavy atom. The summed E-state index contributed by atoms with van der Waals surface area (Å²) in [6.07, 6.45) is 6.38. The molecule has 29 heavy (non-hydrogen) atoms. The van der Waals surface area contributed by atoms with E-state index in [2.05, 4.69) is 29.8 Å². The van der Waals surface area contributed by atoms with Crippen LogP contribution in [-0.4, -0.2) is 48.6 Å². The summed E-state index contributed by atoms with van der Waals surface area (Å²) in [6, 6.07) is 6.86. The summed E-state index contributed by atoms with van der Waals surface area (Å²) < 4.78 is 0. The van der Waals surface area contributed by atoms with Crippen molar-refractivity contribution in [2.45, 2.75) is 76.4 Å². The molecule has 4 atom stereocenters. The molecule has 0 spiro atoms. The number of nitrogens with one attached hydrogen (secondary N) is 3. The summed E-state index contributed by atoms with van der Waals surface area (Å²) in [4.78, 5) is 27.6. The van der Waals surface area contributed by atoms with E-state index in [4.69, 9.17) is 0 Å². The molecule has 4 unspecified atom stereocenters. The second-order valence-corrected chi connectivity index (χ2v) is 9.26. The Hall–Kier alpha value is -2.08. The molecule has 6 nitrogen and oxygen atoms in total. The van der Waals surface area contributed by atoms with Crippen molar-refractivity contribution < 1.29 is 9.59 Å². The van der Waals surface area contributed by atoms with Crippen LogP contribution >= 0.6 is 0 Å². The first kappa shape index (κ1) is 20.2. The number of urea groups is 1. The van der Waals surface area contributed by atoms with Gasteiger partial charge in [0.15, 0.2) is 0 Å². The Morgan fingerprint density at radius 2 is 1.97 bits per heavy atom. The second kappa shape index (κ2) is 8.34. The number of carbonyl (C=O) groups is 2.